The van der Waals surface area contributed by atoms with Crippen LogP contribution in [-0.2, 0) is 14.5 Å². The highest BCUT2D eigenvalue weighted by atomic mass is 32.2. The SMILES string of the molecule is CC(C)COC1CCC(S(C)(=N)=O)C1. The van der Waals surface area contributed by atoms with Crippen molar-refractivity contribution in [1.29, 1.82) is 4.78 Å². The quantitative estimate of drug-likeness (QED) is 0.788. The Morgan fingerprint density at radius 2 is 2.14 bits per heavy atom. The van der Waals surface area contributed by atoms with Crippen LogP contribution in [0.25, 0.3) is 0 Å². The molecule has 84 valence electrons. The first kappa shape index (κ1) is 12.0. The normalized spacial score (nSPS) is 32.0. The topological polar surface area (TPSA) is 50.1 Å². The van der Waals surface area contributed by atoms with E-state index in [0.29, 0.717) is 5.92 Å². The van der Waals surface area contributed by atoms with Gasteiger partial charge in [0.05, 0.1) is 6.10 Å². The molecule has 0 heterocycles. The standard InChI is InChI=1S/C10H21NO2S/c1-8(2)7-13-9-4-5-10(6-9)14(3,11)12/h8-11H,4-7H2,1-3H3. The van der Waals surface area contributed by atoms with E-state index in [1.54, 1.807) is 6.26 Å². The van der Waals surface area contributed by atoms with Crippen LogP contribution in [0.4, 0.5) is 0 Å². The second kappa shape index (κ2) is 4.62. The van der Waals surface area contributed by atoms with Crippen LogP contribution >= 0.6 is 0 Å². The first-order chi connectivity index (χ1) is 6.39. The fourth-order valence-corrected chi connectivity index (χ4v) is 2.96. The molecule has 3 atom stereocenters. The third kappa shape index (κ3) is 3.58. The molecule has 3 nitrogen and oxygen atoms in total. The van der Waals surface area contributed by atoms with Gasteiger partial charge in [-0.05, 0) is 25.2 Å². The van der Waals surface area contributed by atoms with Crippen LogP contribution in [0.2, 0.25) is 0 Å². The lowest BCUT2D eigenvalue weighted by atomic mass is 10.2. The summed E-state index contributed by atoms with van der Waals surface area (Å²) in [6.07, 6.45) is 4.46. The molecule has 1 saturated carbocycles. The molecule has 3 unspecified atom stereocenters. The molecule has 1 aliphatic carbocycles. The first-order valence-electron chi connectivity index (χ1n) is 5.24. The van der Waals surface area contributed by atoms with Crippen molar-refractivity contribution in [3.63, 3.8) is 0 Å². The molecule has 1 fully saturated rings. The van der Waals surface area contributed by atoms with Crippen LogP contribution in [0, 0.1) is 10.7 Å². The molecule has 14 heavy (non-hydrogen) atoms. The van der Waals surface area contributed by atoms with Gasteiger partial charge in [0, 0.05) is 27.8 Å². The summed E-state index contributed by atoms with van der Waals surface area (Å²) in [6, 6.07) is 0. The predicted molar refractivity (Wildman–Crippen MR) is 59.0 cm³/mol. The van der Waals surface area contributed by atoms with Crippen molar-refractivity contribution >= 4 is 9.73 Å². The zero-order chi connectivity index (χ0) is 10.8. The van der Waals surface area contributed by atoms with Crippen LogP contribution in [0.15, 0.2) is 0 Å². The summed E-state index contributed by atoms with van der Waals surface area (Å²) >= 11 is 0. The second-order valence-electron chi connectivity index (χ2n) is 4.69. The molecule has 0 spiro atoms. The summed E-state index contributed by atoms with van der Waals surface area (Å²) in [4.78, 5) is 0. The van der Waals surface area contributed by atoms with Crippen molar-refractivity contribution in [2.24, 2.45) is 5.92 Å². The highest BCUT2D eigenvalue weighted by molar-refractivity contribution is 7.92. The molecule has 0 aromatic rings. The lowest BCUT2D eigenvalue weighted by Crippen LogP contribution is -2.18. The number of hydrogen-bond acceptors (Lipinski definition) is 3. The summed E-state index contributed by atoms with van der Waals surface area (Å²) in [5.74, 6) is 0.552. The van der Waals surface area contributed by atoms with Crippen LogP contribution in [0.3, 0.4) is 0 Å². The molecule has 1 aliphatic rings. The molecule has 0 amide bonds. The summed E-state index contributed by atoms with van der Waals surface area (Å²) in [5, 5.41) is 0.0552. The lowest BCUT2D eigenvalue weighted by Gasteiger charge is -2.14. The van der Waals surface area contributed by atoms with Crippen LogP contribution < -0.4 is 0 Å². The summed E-state index contributed by atoms with van der Waals surface area (Å²) < 4.78 is 24.7. The third-order valence-electron chi connectivity index (χ3n) is 2.64. The van der Waals surface area contributed by atoms with E-state index in [1.165, 1.54) is 0 Å². The smallest absolute Gasteiger partial charge is 0.0587 e. The van der Waals surface area contributed by atoms with E-state index in [-0.39, 0.29) is 11.4 Å². The number of hydrogen-bond donors (Lipinski definition) is 1. The van der Waals surface area contributed by atoms with Gasteiger partial charge >= 0.3 is 0 Å². The molecule has 0 aromatic carbocycles. The molecule has 0 aromatic heterocycles. The highest BCUT2D eigenvalue weighted by Gasteiger charge is 2.30. The molecule has 0 radical (unpaired) electrons. The van der Waals surface area contributed by atoms with Gasteiger partial charge in [-0.1, -0.05) is 13.8 Å². The Morgan fingerprint density at radius 1 is 1.50 bits per heavy atom. The lowest BCUT2D eigenvalue weighted by molar-refractivity contribution is 0.0409. The van der Waals surface area contributed by atoms with Crippen LogP contribution in [0.5, 0.6) is 0 Å². The molecule has 4 heteroatoms. The van der Waals surface area contributed by atoms with E-state index in [0.717, 1.165) is 25.9 Å². The van der Waals surface area contributed by atoms with Crippen LogP contribution in [0.1, 0.15) is 33.1 Å². The van der Waals surface area contributed by atoms with Gasteiger partial charge in [-0.3, -0.25) is 4.78 Å². The molecule has 0 saturated heterocycles. The summed E-state index contributed by atoms with van der Waals surface area (Å²) in [5.41, 5.74) is 0. The Balaban J connectivity index is 2.35. The Morgan fingerprint density at radius 3 is 2.57 bits per heavy atom. The molecular weight excluding hydrogens is 198 g/mol. The van der Waals surface area contributed by atoms with E-state index in [4.69, 9.17) is 9.52 Å². The minimum Gasteiger partial charge on any atom is -0.378 e. The van der Waals surface area contributed by atoms with Gasteiger partial charge in [0.2, 0.25) is 0 Å². The zero-order valence-electron chi connectivity index (χ0n) is 9.29. The first-order valence-corrected chi connectivity index (χ1v) is 7.26. The van der Waals surface area contributed by atoms with E-state index in [1.807, 2.05) is 0 Å². The Kier molecular flexibility index (Phi) is 3.95. The maximum atomic E-state index is 11.5. The number of rotatable bonds is 4. The van der Waals surface area contributed by atoms with Crippen molar-refractivity contribution < 1.29 is 8.95 Å². The molecule has 0 aliphatic heterocycles. The average molecular weight is 219 g/mol. The minimum absolute atomic E-state index is 0.0552. The molecule has 1 rings (SSSR count). The fraction of sp³-hybridized carbons (Fsp3) is 1.00. The second-order valence-corrected chi connectivity index (χ2v) is 7.16. The molecule has 1 N–H and O–H groups in total. The van der Waals surface area contributed by atoms with Gasteiger partial charge in [0.15, 0.2) is 0 Å². The van der Waals surface area contributed by atoms with E-state index >= 15 is 0 Å². The maximum Gasteiger partial charge on any atom is 0.0587 e. The van der Waals surface area contributed by atoms with Gasteiger partial charge in [0.1, 0.15) is 0 Å². The van der Waals surface area contributed by atoms with E-state index < -0.39 is 9.73 Å². The zero-order valence-corrected chi connectivity index (χ0v) is 10.1. The Labute approximate surface area is 87.2 Å². The molecule has 0 bridgehead atoms. The van der Waals surface area contributed by atoms with Crippen molar-refractivity contribution in [2.45, 2.75) is 44.5 Å². The molecular formula is C10H21NO2S. The van der Waals surface area contributed by atoms with Gasteiger partial charge in [-0.25, -0.2) is 4.21 Å². The van der Waals surface area contributed by atoms with Crippen LogP contribution in [-0.4, -0.2) is 28.4 Å². The van der Waals surface area contributed by atoms with Crippen molar-refractivity contribution in [3.8, 4) is 0 Å². The van der Waals surface area contributed by atoms with Gasteiger partial charge in [0.25, 0.3) is 0 Å². The number of nitrogens with one attached hydrogen (secondary N) is 1. The van der Waals surface area contributed by atoms with Gasteiger partial charge < -0.3 is 4.74 Å². The summed E-state index contributed by atoms with van der Waals surface area (Å²) in [6.45, 7) is 5.03. The van der Waals surface area contributed by atoms with Crippen molar-refractivity contribution in [1.82, 2.24) is 0 Å². The largest absolute Gasteiger partial charge is 0.378 e. The van der Waals surface area contributed by atoms with Gasteiger partial charge in [-0.2, -0.15) is 0 Å². The van der Waals surface area contributed by atoms with E-state index in [9.17, 15) is 4.21 Å². The monoisotopic (exact) mass is 219 g/mol. The maximum absolute atomic E-state index is 11.5. The number of ether oxygens (including phenoxy) is 1. The third-order valence-corrected chi connectivity index (χ3v) is 4.34. The Hall–Kier alpha value is -0.0900. The predicted octanol–water partition coefficient (Wildman–Crippen LogP) is 2.26. The van der Waals surface area contributed by atoms with Crippen molar-refractivity contribution in [2.75, 3.05) is 12.9 Å². The summed E-state index contributed by atoms with van der Waals surface area (Å²) in [7, 11) is -2.35. The minimum atomic E-state index is -2.35. The van der Waals surface area contributed by atoms with E-state index in [2.05, 4.69) is 13.8 Å². The Bertz CT molecular complexity index is 272. The fourth-order valence-electron chi connectivity index (χ4n) is 1.79. The average Bonchev–Trinajstić information content (AvgIpc) is 2.47. The van der Waals surface area contributed by atoms with Gasteiger partial charge in [-0.15, -0.1) is 0 Å². The van der Waals surface area contributed by atoms with Crippen molar-refractivity contribution in [3.05, 3.63) is 0 Å². The highest BCUT2D eigenvalue weighted by Crippen LogP contribution is 2.27.